The second-order valence-corrected chi connectivity index (χ2v) is 8.17. The summed E-state index contributed by atoms with van der Waals surface area (Å²) >= 11 is 0. The highest BCUT2D eigenvalue weighted by Crippen LogP contribution is 2.33. The van der Waals surface area contributed by atoms with Crippen LogP contribution in [-0.2, 0) is 24.8 Å². The third-order valence-electron chi connectivity index (χ3n) is 6.19. The quantitative estimate of drug-likeness (QED) is 0.456. The number of carbonyl (C=O) groups is 1. The number of hydrogen-bond acceptors (Lipinski definition) is 5. The Hall–Kier alpha value is -3.81. The molecule has 0 saturated heterocycles. The molecule has 33 heavy (non-hydrogen) atoms. The van der Waals surface area contributed by atoms with Crippen molar-refractivity contribution in [2.24, 2.45) is 7.05 Å². The average Bonchev–Trinajstić information content (AvgIpc) is 3.45. The van der Waals surface area contributed by atoms with Crippen LogP contribution in [0.2, 0.25) is 0 Å². The van der Waals surface area contributed by atoms with Crippen molar-refractivity contribution in [2.75, 3.05) is 6.54 Å². The van der Waals surface area contributed by atoms with E-state index >= 15 is 0 Å². The highest BCUT2D eigenvalue weighted by molar-refractivity contribution is 5.84. The van der Waals surface area contributed by atoms with Crippen LogP contribution < -0.4 is 0 Å². The van der Waals surface area contributed by atoms with Gasteiger partial charge in [-0.05, 0) is 24.1 Å². The Balaban J connectivity index is 1.45. The molecule has 0 aliphatic carbocycles. The molecule has 0 bridgehead atoms. The molecule has 1 unspecified atom stereocenters. The molecule has 2 aromatic carbocycles. The zero-order valence-corrected chi connectivity index (χ0v) is 18.5. The molecule has 1 aliphatic heterocycles. The van der Waals surface area contributed by atoms with E-state index in [1.165, 1.54) is 6.07 Å². The maximum Gasteiger partial charge on any atom is 0.268 e. The summed E-state index contributed by atoms with van der Waals surface area (Å²) in [6.45, 7) is 3.07. The number of halogens is 1. The van der Waals surface area contributed by atoms with Crippen LogP contribution in [0, 0.1) is 5.82 Å². The summed E-state index contributed by atoms with van der Waals surface area (Å²) in [6, 6.07) is 16.1. The first-order valence-corrected chi connectivity index (χ1v) is 11.0. The molecule has 0 N–H and O–H groups in total. The zero-order valence-electron chi connectivity index (χ0n) is 18.5. The number of amides is 1. The second kappa shape index (κ2) is 8.61. The Bertz CT molecular complexity index is 1300. The lowest BCUT2D eigenvalue weighted by Crippen LogP contribution is -2.39. The van der Waals surface area contributed by atoms with Crippen LogP contribution >= 0.6 is 0 Å². The molecule has 3 heterocycles. The summed E-state index contributed by atoms with van der Waals surface area (Å²) < 4.78 is 21.8. The van der Waals surface area contributed by atoms with Gasteiger partial charge in [-0.1, -0.05) is 49.4 Å². The highest BCUT2D eigenvalue weighted by Gasteiger charge is 2.32. The van der Waals surface area contributed by atoms with Crippen molar-refractivity contribution in [2.45, 2.75) is 32.2 Å². The fourth-order valence-corrected chi connectivity index (χ4v) is 4.47. The number of carbonyl (C=O) groups excluding carboxylic acids is 1. The Morgan fingerprint density at radius 1 is 1.09 bits per heavy atom. The lowest BCUT2D eigenvalue weighted by molar-refractivity contribution is -0.133. The molecule has 2 aromatic heterocycles. The third-order valence-corrected chi connectivity index (χ3v) is 6.19. The van der Waals surface area contributed by atoms with Crippen molar-refractivity contribution >= 4 is 5.91 Å². The number of fused-ring (bicyclic) bond motifs is 1. The van der Waals surface area contributed by atoms with Crippen molar-refractivity contribution in [3.8, 4) is 23.0 Å². The van der Waals surface area contributed by atoms with Crippen LogP contribution in [0.25, 0.3) is 23.0 Å². The molecule has 0 fully saturated rings. The van der Waals surface area contributed by atoms with Crippen molar-refractivity contribution in [3.05, 3.63) is 77.2 Å². The van der Waals surface area contributed by atoms with Crippen LogP contribution in [0.3, 0.4) is 0 Å². The standard InChI is InChI=1S/C25H24FN5O2/c1-3-17(16-9-5-4-6-10-16)25(32)31-14-13-21-19(15-31)22(29-30(21)2)24-28-27-23(33-24)18-11-7-8-12-20(18)26/h4-12,17H,3,13-15H2,1-2H3. The van der Waals surface area contributed by atoms with Gasteiger partial charge in [0.25, 0.3) is 11.8 Å². The van der Waals surface area contributed by atoms with Crippen LogP contribution in [0.15, 0.2) is 59.0 Å². The summed E-state index contributed by atoms with van der Waals surface area (Å²) in [5.74, 6) is -0.208. The summed E-state index contributed by atoms with van der Waals surface area (Å²) in [7, 11) is 1.87. The van der Waals surface area contributed by atoms with Crippen LogP contribution in [-0.4, -0.2) is 37.3 Å². The summed E-state index contributed by atoms with van der Waals surface area (Å²) in [5, 5.41) is 12.8. The van der Waals surface area contributed by atoms with Gasteiger partial charge in [0.15, 0.2) is 5.69 Å². The molecule has 8 heteroatoms. The molecular formula is C25H24FN5O2. The number of rotatable bonds is 5. The van der Waals surface area contributed by atoms with Crippen molar-refractivity contribution in [1.82, 2.24) is 24.9 Å². The third kappa shape index (κ3) is 3.82. The summed E-state index contributed by atoms with van der Waals surface area (Å²) in [4.78, 5) is 15.3. The van der Waals surface area contributed by atoms with E-state index in [-0.39, 0.29) is 29.2 Å². The predicted octanol–water partition coefficient (Wildman–Crippen LogP) is 4.35. The van der Waals surface area contributed by atoms with Gasteiger partial charge in [-0.3, -0.25) is 9.48 Å². The fourth-order valence-electron chi connectivity index (χ4n) is 4.47. The van der Waals surface area contributed by atoms with E-state index in [2.05, 4.69) is 15.3 Å². The minimum atomic E-state index is -0.431. The van der Waals surface area contributed by atoms with E-state index in [1.54, 1.807) is 22.9 Å². The van der Waals surface area contributed by atoms with Gasteiger partial charge in [0.05, 0.1) is 11.5 Å². The molecule has 0 saturated carbocycles. The minimum Gasteiger partial charge on any atom is -0.414 e. The Kier molecular flexibility index (Phi) is 5.50. The monoisotopic (exact) mass is 445 g/mol. The number of aromatic nitrogens is 4. The molecule has 0 radical (unpaired) electrons. The number of aryl methyl sites for hydroxylation is 1. The molecule has 1 atom stereocenters. The van der Waals surface area contributed by atoms with E-state index in [1.807, 2.05) is 49.2 Å². The molecule has 7 nitrogen and oxygen atoms in total. The van der Waals surface area contributed by atoms with Crippen LogP contribution in [0.5, 0.6) is 0 Å². The van der Waals surface area contributed by atoms with Gasteiger partial charge in [0.2, 0.25) is 5.91 Å². The van der Waals surface area contributed by atoms with Gasteiger partial charge >= 0.3 is 0 Å². The lowest BCUT2D eigenvalue weighted by Gasteiger charge is -2.30. The number of nitrogens with zero attached hydrogens (tertiary/aromatic N) is 5. The average molecular weight is 445 g/mol. The maximum absolute atomic E-state index is 14.2. The van der Waals surface area contributed by atoms with Gasteiger partial charge in [-0.15, -0.1) is 10.2 Å². The molecular weight excluding hydrogens is 421 g/mol. The predicted molar refractivity (Wildman–Crippen MR) is 120 cm³/mol. The highest BCUT2D eigenvalue weighted by atomic mass is 19.1. The summed E-state index contributed by atoms with van der Waals surface area (Å²) in [5.41, 5.74) is 3.73. The Morgan fingerprint density at radius 2 is 1.82 bits per heavy atom. The Labute approximate surface area is 190 Å². The van der Waals surface area contributed by atoms with Gasteiger partial charge in [-0.2, -0.15) is 5.10 Å². The number of benzene rings is 2. The van der Waals surface area contributed by atoms with Crippen molar-refractivity contribution < 1.29 is 13.6 Å². The second-order valence-electron chi connectivity index (χ2n) is 8.17. The molecule has 0 spiro atoms. The smallest absolute Gasteiger partial charge is 0.268 e. The molecule has 168 valence electrons. The first-order valence-electron chi connectivity index (χ1n) is 11.0. The topological polar surface area (TPSA) is 77.1 Å². The lowest BCUT2D eigenvalue weighted by atomic mass is 9.93. The molecule has 4 aromatic rings. The van der Waals surface area contributed by atoms with Gasteiger partial charge in [-0.25, -0.2) is 4.39 Å². The van der Waals surface area contributed by atoms with E-state index in [0.717, 1.165) is 23.2 Å². The van der Waals surface area contributed by atoms with Crippen LogP contribution in [0.4, 0.5) is 4.39 Å². The zero-order chi connectivity index (χ0) is 22.9. The van der Waals surface area contributed by atoms with E-state index < -0.39 is 5.82 Å². The largest absolute Gasteiger partial charge is 0.414 e. The van der Waals surface area contributed by atoms with Crippen molar-refractivity contribution in [1.29, 1.82) is 0 Å². The van der Waals surface area contributed by atoms with Gasteiger partial charge < -0.3 is 9.32 Å². The molecule has 1 aliphatic rings. The first kappa shape index (κ1) is 21.1. The van der Waals surface area contributed by atoms with Gasteiger partial charge in [0.1, 0.15) is 5.82 Å². The summed E-state index contributed by atoms with van der Waals surface area (Å²) in [6.07, 6.45) is 1.41. The van der Waals surface area contributed by atoms with E-state index in [9.17, 15) is 9.18 Å². The fraction of sp³-hybridized carbons (Fsp3) is 0.280. The molecule has 1 amide bonds. The maximum atomic E-state index is 14.2. The van der Waals surface area contributed by atoms with E-state index in [0.29, 0.717) is 25.2 Å². The normalized spacial score (nSPS) is 14.2. The SMILES string of the molecule is CCC(C(=O)N1CCc2c(c(-c3nnc(-c4ccccc4F)o3)nn2C)C1)c1ccccc1. The number of hydrogen-bond donors (Lipinski definition) is 0. The first-order chi connectivity index (χ1) is 16.1. The minimum absolute atomic E-state index is 0.0985. The molecule has 5 rings (SSSR count). The Morgan fingerprint density at radius 3 is 2.58 bits per heavy atom. The van der Waals surface area contributed by atoms with Gasteiger partial charge in [0, 0.05) is 37.8 Å². The van der Waals surface area contributed by atoms with Crippen molar-refractivity contribution in [3.63, 3.8) is 0 Å². The van der Waals surface area contributed by atoms with E-state index in [4.69, 9.17) is 4.42 Å². The van der Waals surface area contributed by atoms with Crippen LogP contribution in [0.1, 0.15) is 36.1 Å².